The molecule has 0 heterocycles. The van der Waals surface area contributed by atoms with Gasteiger partial charge in [0.15, 0.2) is 0 Å². The van der Waals surface area contributed by atoms with Gasteiger partial charge in [-0.15, -0.1) is 0 Å². The summed E-state index contributed by atoms with van der Waals surface area (Å²) in [6, 6.07) is 0. The molecular weight excluding hydrogens is 272 g/mol. The summed E-state index contributed by atoms with van der Waals surface area (Å²) in [6.07, 6.45) is 12.6. The van der Waals surface area contributed by atoms with Gasteiger partial charge >= 0.3 is 0 Å². The molecule has 4 aliphatic rings. The fraction of sp³-hybridized carbons (Fsp3) is 1.00. The highest BCUT2D eigenvalue weighted by molar-refractivity contribution is 5.13. The molecule has 0 aromatic rings. The zero-order valence-electron chi connectivity index (χ0n) is 14.5. The van der Waals surface area contributed by atoms with Crippen LogP contribution in [0.1, 0.15) is 78.1 Å². The molecule has 0 aliphatic heterocycles. The van der Waals surface area contributed by atoms with Crippen LogP contribution >= 0.6 is 0 Å². The van der Waals surface area contributed by atoms with Crippen LogP contribution in [-0.2, 0) is 0 Å². The quantitative estimate of drug-likeness (QED) is 0.764. The Labute approximate surface area is 135 Å². The highest BCUT2D eigenvalue weighted by atomic mass is 16.3. The van der Waals surface area contributed by atoms with Crippen molar-refractivity contribution in [1.29, 1.82) is 0 Å². The van der Waals surface area contributed by atoms with Crippen molar-refractivity contribution in [1.82, 2.24) is 0 Å². The Balaban J connectivity index is 1.68. The molecule has 0 spiro atoms. The second-order valence-corrected chi connectivity index (χ2v) is 9.56. The topological polar surface area (TPSA) is 40.5 Å². The fourth-order valence-electron chi connectivity index (χ4n) is 7.62. The maximum absolute atomic E-state index is 10.9. The minimum absolute atomic E-state index is 0.117. The van der Waals surface area contributed by atoms with Gasteiger partial charge in [0.2, 0.25) is 0 Å². The van der Waals surface area contributed by atoms with Gasteiger partial charge in [-0.25, -0.2) is 0 Å². The van der Waals surface area contributed by atoms with Crippen LogP contribution in [0.3, 0.4) is 0 Å². The van der Waals surface area contributed by atoms with Gasteiger partial charge < -0.3 is 10.2 Å². The predicted molar refractivity (Wildman–Crippen MR) is 88.4 cm³/mol. The molecule has 4 aliphatic carbocycles. The van der Waals surface area contributed by atoms with Crippen molar-refractivity contribution in [3.05, 3.63) is 0 Å². The third-order valence-electron chi connectivity index (χ3n) is 9.14. The van der Waals surface area contributed by atoms with Crippen molar-refractivity contribution in [2.75, 3.05) is 6.61 Å². The van der Waals surface area contributed by atoms with Crippen molar-refractivity contribution in [3.8, 4) is 0 Å². The molecule has 2 heteroatoms. The van der Waals surface area contributed by atoms with E-state index < -0.39 is 5.60 Å². The van der Waals surface area contributed by atoms with E-state index in [1.807, 2.05) is 0 Å². The van der Waals surface area contributed by atoms with Gasteiger partial charge in [0, 0.05) is 6.61 Å². The van der Waals surface area contributed by atoms with Gasteiger partial charge in [0.05, 0.1) is 5.60 Å². The molecule has 4 saturated carbocycles. The molecular formula is C20H34O2. The molecule has 7 atom stereocenters. The van der Waals surface area contributed by atoms with E-state index in [-0.39, 0.29) is 10.8 Å². The average Bonchev–Trinajstić information content (AvgIpc) is 2.77. The Hall–Kier alpha value is -0.0800. The van der Waals surface area contributed by atoms with E-state index >= 15 is 0 Å². The number of aliphatic hydroxyl groups is 2. The van der Waals surface area contributed by atoms with Gasteiger partial charge in [-0.1, -0.05) is 19.8 Å². The summed E-state index contributed by atoms with van der Waals surface area (Å²) < 4.78 is 0. The largest absolute Gasteiger partial charge is 0.396 e. The first kappa shape index (κ1) is 15.4. The molecule has 0 saturated heterocycles. The summed E-state index contributed by atoms with van der Waals surface area (Å²) in [5.74, 6) is 2.95. The lowest BCUT2D eigenvalue weighted by Crippen LogP contribution is -2.57. The molecule has 0 aromatic heterocycles. The van der Waals surface area contributed by atoms with E-state index in [4.69, 9.17) is 0 Å². The zero-order valence-corrected chi connectivity index (χ0v) is 14.5. The van der Waals surface area contributed by atoms with Gasteiger partial charge in [-0.3, -0.25) is 0 Å². The SMILES string of the molecule is CC1(O)CC[C@H]2[C@@H]3CCC4CCCC[C@]4(CO)[C@@H]3CC[C@@]21C. The van der Waals surface area contributed by atoms with E-state index in [2.05, 4.69) is 13.8 Å². The van der Waals surface area contributed by atoms with Crippen LogP contribution < -0.4 is 0 Å². The molecule has 2 N–H and O–H groups in total. The number of aliphatic hydroxyl groups excluding tert-OH is 1. The number of fused-ring (bicyclic) bond motifs is 5. The fourth-order valence-corrected chi connectivity index (χ4v) is 7.62. The number of hydrogen-bond acceptors (Lipinski definition) is 2. The van der Waals surface area contributed by atoms with Gasteiger partial charge in [-0.05, 0) is 92.8 Å². The Morgan fingerprint density at radius 2 is 1.64 bits per heavy atom. The third-order valence-corrected chi connectivity index (χ3v) is 9.14. The highest BCUT2D eigenvalue weighted by Gasteiger charge is 2.63. The summed E-state index contributed by atoms with van der Waals surface area (Å²) in [5, 5.41) is 21.3. The van der Waals surface area contributed by atoms with Gasteiger partial charge in [0.25, 0.3) is 0 Å². The van der Waals surface area contributed by atoms with Crippen LogP contribution in [0.4, 0.5) is 0 Å². The summed E-state index contributed by atoms with van der Waals surface area (Å²) >= 11 is 0. The van der Waals surface area contributed by atoms with Crippen LogP contribution in [0.2, 0.25) is 0 Å². The van der Waals surface area contributed by atoms with Crippen molar-refractivity contribution >= 4 is 0 Å². The second-order valence-electron chi connectivity index (χ2n) is 9.56. The van der Waals surface area contributed by atoms with E-state index in [1.165, 1.54) is 57.8 Å². The zero-order chi connectivity index (χ0) is 15.6. The average molecular weight is 306 g/mol. The smallest absolute Gasteiger partial charge is 0.0675 e. The standard InChI is InChI=1S/C20H34O2/c1-18-11-8-17-15(16(18)9-12-19(18,2)22)7-6-14-5-3-4-10-20(14,17)13-21/h14-17,21-22H,3-13H2,1-2H3/t14?,15-,16-,17+,18-,19?,20+/m0/s1. The lowest BCUT2D eigenvalue weighted by atomic mass is 9.44. The Morgan fingerprint density at radius 3 is 2.41 bits per heavy atom. The van der Waals surface area contributed by atoms with Crippen LogP contribution in [0, 0.1) is 34.5 Å². The van der Waals surface area contributed by atoms with Crippen molar-refractivity contribution < 1.29 is 10.2 Å². The summed E-state index contributed by atoms with van der Waals surface area (Å²) in [5.41, 5.74) is -0.123. The molecule has 0 bridgehead atoms. The second kappa shape index (κ2) is 4.96. The minimum Gasteiger partial charge on any atom is -0.396 e. The van der Waals surface area contributed by atoms with Crippen molar-refractivity contribution in [2.45, 2.75) is 83.7 Å². The first-order valence-electron chi connectivity index (χ1n) is 9.78. The van der Waals surface area contributed by atoms with E-state index in [1.54, 1.807) is 0 Å². The first-order chi connectivity index (χ1) is 10.4. The summed E-state index contributed by atoms with van der Waals surface area (Å²) in [4.78, 5) is 0. The van der Waals surface area contributed by atoms with Crippen LogP contribution in [0.25, 0.3) is 0 Å². The van der Waals surface area contributed by atoms with Gasteiger partial charge in [0.1, 0.15) is 0 Å². The Morgan fingerprint density at radius 1 is 0.864 bits per heavy atom. The number of hydrogen-bond donors (Lipinski definition) is 2. The maximum atomic E-state index is 10.9. The minimum atomic E-state index is -0.474. The number of rotatable bonds is 1. The molecule has 126 valence electrons. The molecule has 2 nitrogen and oxygen atoms in total. The highest BCUT2D eigenvalue weighted by Crippen LogP contribution is 2.68. The van der Waals surface area contributed by atoms with Crippen molar-refractivity contribution in [2.24, 2.45) is 34.5 Å². The molecule has 4 fully saturated rings. The van der Waals surface area contributed by atoms with Gasteiger partial charge in [-0.2, -0.15) is 0 Å². The first-order valence-corrected chi connectivity index (χ1v) is 9.78. The molecule has 0 radical (unpaired) electrons. The maximum Gasteiger partial charge on any atom is 0.0675 e. The molecule has 22 heavy (non-hydrogen) atoms. The lowest BCUT2D eigenvalue weighted by molar-refractivity contribution is -0.162. The monoisotopic (exact) mass is 306 g/mol. The van der Waals surface area contributed by atoms with Crippen molar-refractivity contribution in [3.63, 3.8) is 0 Å². The predicted octanol–water partition coefficient (Wildman–Crippen LogP) is 4.14. The van der Waals surface area contributed by atoms with Crippen LogP contribution in [0.5, 0.6) is 0 Å². The summed E-state index contributed by atoms with van der Waals surface area (Å²) in [6.45, 7) is 4.86. The van der Waals surface area contributed by atoms with Crippen LogP contribution in [-0.4, -0.2) is 22.4 Å². The summed E-state index contributed by atoms with van der Waals surface area (Å²) in [7, 11) is 0. The Kier molecular flexibility index (Phi) is 3.48. The third kappa shape index (κ3) is 1.80. The molecule has 4 rings (SSSR count). The molecule has 2 unspecified atom stereocenters. The van der Waals surface area contributed by atoms with E-state index in [0.717, 1.165) is 24.2 Å². The van der Waals surface area contributed by atoms with Crippen LogP contribution in [0.15, 0.2) is 0 Å². The lowest BCUT2D eigenvalue weighted by Gasteiger charge is -2.61. The van der Waals surface area contributed by atoms with E-state index in [0.29, 0.717) is 12.5 Å². The molecule has 0 amide bonds. The molecule has 0 aromatic carbocycles. The van der Waals surface area contributed by atoms with E-state index in [9.17, 15) is 10.2 Å². The normalized spacial score (nSPS) is 57.8. The Bertz CT molecular complexity index is 445.